The van der Waals surface area contributed by atoms with Crippen LogP contribution in [0.3, 0.4) is 0 Å². The number of carbonyl (C=O) groups is 3. The number of likely N-dealkylation sites (N-methyl/N-ethyl adjacent to an activating group) is 1. The summed E-state index contributed by atoms with van der Waals surface area (Å²) in [6.45, 7) is 1.86. The van der Waals surface area contributed by atoms with Crippen LogP contribution in [0.25, 0.3) is 0 Å². The number of piperidine rings is 1. The van der Waals surface area contributed by atoms with Gasteiger partial charge in [0.05, 0.1) is 4.88 Å². The Morgan fingerprint density at radius 1 is 1.21 bits per heavy atom. The van der Waals surface area contributed by atoms with Gasteiger partial charge in [0, 0.05) is 32.6 Å². The lowest BCUT2D eigenvalue weighted by atomic mass is 9.74. The molecule has 0 aliphatic carbocycles. The zero-order valence-electron chi connectivity index (χ0n) is 18.9. The molecular formula is C24H29FN4O3S. The summed E-state index contributed by atoms with van der Waals surface area (Å²) in [5.41, 5.74) is -0.481. The van der Waals surface area contributed by atoms with Crippen LogP contribution in [0.5, 0.6) is 0 Å². The van der Waals surface area contributed by atoms with Gasteiger partial charge in [-0.15, -0.1) is 11.3 Å². The molecule has 0 unspecified atom stereocenters. The lowest BCUT2D eigenvalue weighted by molar-refractivity contribution is -0.134. The largest absolute Gasteiger partial charge is 0.338 e. The van der Waals surface area contributed by atoms with Gasteiger partial charge in [-0.25, -0.2) is 9.18 Å². The normalized spacial score (nSPS) is 21.7. The zero-order chi connectivity index (χ0) is 23.6. The van der Waals surface area contributed by atoms with Gasteiger partial charge in [-0.1, -0.05) is 18.2 Å². The Hall–Kier alpha value is -2.78. The average molecular weight is 473 g/mol. The Labute approximate surface area is 197 Å². The van der Waals surface area contributed by atoms with Crippen LogP contribution in [-0.4, -0.2) is 78.4 Å². The van der Waals surface area contributed by atoms with Crippen molar-refractivity contribution >= 4 is 29.2 Å². The number of hydrogen-bond acceptors (Lipinski definition) is 5. The highest BCUT2D eigenvalue weighted by Crippen LogP contribution is 2.37. The first-order valence-electron chi connectivity index (χ1n) is 11.2. The Bertz CT molecular complexity index is 1020. The summed E-state index contributed by atoms with van der Waals surface area (Å²) in [4.78, 5) is 45.0. The number of imide groups is 1. The van der Waals surface area contributed by atoms with Crippen molar-refractivity contribution in [3.8, 4) is 0 Å². The van der Waals surface area contributed by atoms with E-state index in [1.165, 1.54) is 28.4 Å². The molecule has 2 aliphatic heterocycles. The van der Waals surface area contributed by atoms with Gasteiger partial charge in [0.2, 0.25) is 0 Å². The van der Waals surface area contributed by atoms with E-state index in [1.807, 2.05) is 41.4 Å². The lowest BCUT2D eigenvalue weighted by Crippen LogP contribution is -2.58. The fraction of sp³-hybridized carbons (Fsp3) is 0.458. The van der Waals surface area contributed by atoms with Gasteiger partial charge in [0.1, 0.15) is 11.4 Å². The molecule has 1 aromatic heterocycles. The third kappa shape index (κ3) is 4.79. The van der Waals surface area contributed by atoms with E-state index in [9.17, 15) is 18.8 Å². The van der Waals surface area contributed by atoms with E-state index in [2.05, 4.69) is 5.32 Å². The Kier molecular flexibility index (Phi) is 6.81. The zero-order valence-corrected chi connectivity index (χ0v) is 19.7. The minimum Gasteiger partial charge on any atom is -0.338 e. The summed E-state index contributed by atoms with van der Waals surface area (Å²) in [6.07, 6.45) is 1.39. The maximum Gasteiger partial charge on any atom is 0.325 e. The Balaban J connectivity index is 1.57. The van der Waals surface area contributed by atoms with Crippen LogP contribution in [0.2, 0.25) is 0 Å². The molecular weight excluding hydrogens is 443 g/mol. The highest BCUT2D eigenvalue weighted by atomic mass is 32.1. The molecule has 0 bridgehead atoms. The summed E-state index contributed by atoms with van der Waals surface area (Å²) in [5, 5.41) is 4.87. The molecule has 0 radical (unpaired) electrons. The fourth-order valence-corrected chi connectivity index (χ4v) is 5.48. The molecule has 1 N–H and O–H groups in total. The molecule has 176 valence electrons. The summed E-state index contributed by atoms with van der Waals surface area (Å²) < 4.78 is 13.9. The molecule has 2 fully saturated rings. The van der Waals surface area contributed by atoms with Gasteiger partial charge in [-0.05, 0) is 62.0 Å². The second kappa shape index (κ2) is 9.61. The minimum absolute atomic E-state index is 0.00276. The molecule has 9 heteroatoms. The quantitative estimate of drug-likeness (QED) is 0.629. The first-order chi connectivity index (χ1) is 15.8. The standard InChI is InChI=1S/C24H29FN4O3S/c1-27(2)12-13-29-22(31)24(26-23(29)32,16-17-5-3-6-19(25)15-17)18-8-10-28(11-9-18)21(30)20-7-4-14-33-20/h3-7,14-15,18H,8-13,16H2,1-2H3,(H,26,32)/t24-/m0/s1. The highest BCUT2D eigenvalue weighted by Gasteiger charge is 2.55. The molecule has 1 aromatic carbocycles. The van der Waals surface area contributed by atoms with Crippen molar-refractivity contribution in [2.24, 2.45) is 5.92 Å². The molecule has 2 saturated heterocycles. The van der Waals surface area contributed by atoms with Crippen molar-refractivity contribution < 1.29 is 18.8 Å². The van der Waals surface area contributed by atoms with Crippen LogP contribution < -0.4 is 5.32 Å². The summed E-state index contributed by atoms with van der Waals surface area (Å²) >= 11 is 1.41. The number of halogens is 1. The second-order valence-electron chi connectivity index (χ2n) is 9.01. The number of amides is 4. The maximum atomic E-state index is 13.9. The molecule has 3 heterocycles. The predicted octanol–water partition coefficient (Wildman–Crippen LogP) is 2.83. The lowest BCUT2D eigenvalue weighted by Gasteiger charge is -2.41. The minimum atomic E-state index is -1.14. The molecule has 4 rings (SSSR count). The molecule has 1 atom stereocenters. The van der Waals surface area contributed by atoms with Crippen molar-refractivity contribution in [2.45, 2.75) is 24.8 Å². The number of thiophene rings is 1. The van der Waals surface area contributed by atoms with Crippen LogP contribution in [-0.2, 0) is 11.2 Å². The van der Waals surface area contributed by atoms with E-state index in [4.69, 9.17) is 0 Å². The van der Waals surface area contributed by atoms with E-state index >= 15 is 0 Å². The van der Waals surface area contributed by atoms with Gasteiger partial charge < -0.3 is 15.1 Å². The molecule has 0 saturated carbocycles. The van der Waals surface area contributed by atoms with E-state index in [-0.39, 0.29) is 36.5 Å². The second-order valence-corrected chi connectivity index (χ2v) is 9.96. The summed E-state index contributed by atoms with van der Waals surface area (Å²) in [7, 11) is 3.78. The van der Waals surface area contributed by atoms with Crippen LogP contribution in [0.1, 0.15) is 28.1 Å². The van der Waals surface area contributed by atoms with Crippen molar-refractivity contribution in [1.29, 1.82) is 0 Å². The maximum absolute atomic E-state index is 13.9. The van der Waals surface area contributed by atoms with E-state index in [0.29, 0.717) is 42.9 Å². The van der Waals surface area contributed by atoms with Crippen molar-refractivity contribution in [3.05, 3.63) is 58.0 Å². The van der Waals surface area contributed by atoms with Crippen LogP contribution >= 0.6 is 11.3 Å². The van der Waals surface area contributed by atoms with Gasteiger partial charge >= 0.3 is 6.03 Å². The number of hydrogen-bond donors (Lipinski definition) is 1. The van der Waals surface area contributed by atoms with Crippen molar-refractivity contribution in [1.82, 2.24) is 20.0 Å². The number of urea groups is 1. The third-order valence-electron chi connectivity index (χ3n) is 6.56. The van der Waals surface area contributed by atoms with Crippen molar-refractivity contribution in [2.75, 3.05) is 40.3 Å². The van der Waals surface area contributed by atoms with Crippen molar-refractivity contribution in [3.63, 3.8) is 0 Å². The van der Waals surface area contributed by atoms with E-state index in [1.54, 1.807) is 12.1 Å². The first kappa shape index (κ1) is 23.4. The summed E-state index contributed by atoms with van der Waals surface area (Å²) in [6, 6.07) is 9.44. The Morgan fingerprint density at radius 2 is 1.97 bits per heavy atom. The monoisotopic (exact) mass is 472 g/mol. The van der Waals surface area contributed by atoms with Gasteiger partial charge in [0.15, 0.2) is 0 Å². The topological polar surface area (TPSA) is 73.0 Å². The molecule has 33 heavy (non-hydrogen) atoms. The Morgan fingerprint density at radius 3 is 2.61 bits per heavy atom. The highest BCUT2D eigenvalue weighted by molar-refractivity contribution is 7.12. The smallest absolute Gasteiger partial charge is 0.325 e. The fourth-order valence-electron chi connectivity index (χ4n) is 4.79. The van der Waals surface area contributed by atoms with Gasteiger partial charge in [-0.3, -0.25) is 14.5 Å². The number of carbonyl (C=O) groups excluding carboxylic acids is 3. The molecule has 7 nitrogen and oxygen atoms in total. The molecule has 2 aromatic rings. The van der Waals surface area contributed by atoms with Crippen LogP contribution in [0, 0.1) is 11.7 Å². The van der Waals surface area contributed by atoms with E-state index in [0.717, 1.165) is 0 Å². The molecule has 4 amide bonds. The van der Waals surface area contributed by atoms with Gasteiger partial charge in [-0.2, -0.15) is 0 Å². The average Bonchev–Trinajstić information content (AvgIpc) is 3.40. The number of benzene rings is 1. The van der Waals surface area contributed by atoms with Gasteiger partial charge in [0.25, 0.3) is 11.8 Å². The molecule has 2 aliphatic rings. The number of rotatable bonds is 7. The molecule has 0 spiro atoms. The summed E-state index contributed by atoms with van der Waals surface area (Å²) in [5.74, 6) is -0.798. The number of likely N-dealkylation sites (tertiary alicyclic amines) is 1. The van der Waals surface area contributed by atoms with Crippen LogP contribution in [0.15, 0.2) is 41.8 Å². The third-order valence-corrected chi connectivity index (χ3v) is 7.41. The van der Waals surface area contributed by atoms with E-state index < -0.39 is 11.6 Å². The SMILES string of the molecule is CN(C)CCN1C(=O)N[C@@](Cc2cccc(F)c2)(C2CCN(C(=O)c3cccs3)CC2)C1=O. The number of nitrogens with one attached hydrogen (secondary N) is 1. The van der Waals surface area contributed by atoms with Crippen LogP contribution in [0.4, 0.5) is 9.18 Å². The number of nitrogens with zero attached hydrogens (tertiary/aromatic N) is 3. The predicted molar refractivity (Wildman–Crippen MR) is 125 cm³/mol. The first-order valence-corrected chi connectivity index (χ1v) is 12.0.